The highest BCUT2D eigenvalue weighted by Gasteiger charge is 2.27. The largest absolute Gasteiger partial charge is 0.203 e. The molecule has 3 rings (SSSR count). The van der Waals surface area contributed by atoms with Crippen molar-refractivity contribution in [2.75, 3.05) is 0 Å². The lowest BCUT2D eigenvalue weighted by atomic mass is 9.72. The molecule has 0 bridgehead atoms. The summed E-state index contributed by atoms with van der Waals surface area (Å²) in [4.78, 5) is 0. The number of unbranched alkanes of at least 4 members (excludes halogenated alkanes) is 9. The summed E-state index contributed by atoms with van der Waals surface area (Å²) in [6.07, 6.45) is 29.2. The molecule has 0 saturated heterocycles. The van der Waals surface area contributed by atoms with E-state index in [4.69, 9.17) is 0 Å². The van der Waals surface area contributed by atoms with Crippen LogP contribution in [0.4, 0.5) is 8.78 Å². The van der Waals surface area contributed by atoms with E-state index < -0.39 is 11.6 Å². The zero-order valence-corrected chi connectivity index (χ0v) is 22.6. The number of halogens is 2. The Hall–Kier alpha value is -1.44. The summed E-state index contributed by atoms with van der Waals surface area (Å²) in [5.74, 6) is 0.919. The summed E-state index contributed by atoms with van der Waals surface area (Å²) in [6.45, 7) is 4.41. The molecule has 0 aromatic heterocycles. The van der Waals surface area contributed by atoms with Gasteiger partial charge in [-0.3, -0.25) is 0 Å². The summed E-state index contributed by atoms with van der Waals surface area (Å²) in [5, 5.41) is 0. The molecule has 2 heteroatoms. The van der Waals surface area contributed by atoms with Crippen molar-refractivity contribution in [1.29, 1.82) is 0 Å². The molecule has 0 aliphatic heterocycles. The number of hydrogen-bond acceptors (Lipinski definition) is 0. The molecule has 35 heavy (non-hydrogen) atoms. The molecule has 1 fully saturated rings. The Morgan fingerprint density at radius 3 is 2.06 bits per heavy atom. The second kappa shape index (κ2) is 15.6. The first kappa shape index (κ1) is 28.1. The van der Waals surface area contributed by atoms with Gasteiger partial charge in [-0.2, -0.15) is 0 Å². The van der Waals surface area contributed by atoms with Crippen molar-refractivity contribution in [3.8, 4) is 0 Å². The first-order valence-corrected chi connectivity index (χ1v) is 15.0. The fourth-order valence-electron chi connectivity index (χ4n) is 6.23. The Bertz CT molecular complexity index is 798. The van der Waals surface area contributed by atoms with Gasteiger partial charge >= 0.3 is 0 Å². The Labute approximate surface area is 214 Å². The maximum atomic E-state index is 14.8. The molecule has 196 valence electrons. The predicted molar refractivity (Wildman–Crippen MR) is 147 cm³/mol. The van der Waals surface area contributed by atoms with Gasteiger partial charge in [0.25, 0.3) is 0 Å². The normalized spacial score (nSPS) is 22.4. The van der Waals surface area contributed by atoms with Crippen molar-refractivity contribution in [3.63, 3.8) is 0 Å². The highest BCUT2D eigenvalue weighted by atomic mass is 19.2. The van der Waals surface area contributed by atoms with Gasteiger partial charge in [0.1, 0.15) is 0 Å². The van der Waals surface area contributed by atoms with Gasteiger partial charge in [-0.05, 0) is 61.0 Å². The van der Waals surface area contributed by atoms with Crippen molar-refractivity contribution < 1.29 is 8.78 Å². The molecule has 1 atom stereocenters. The van der Waals surface area contributed by atoms with Crippen LogP contribution in [0.2, 0.25) is 0 Å². The summed E-state index contributed by atoms with van der Waals surface area (Å²) in [7, 11) is 0. The summed E-state index contributed by atoms with van der Waals surface area (Å²) in [6, 6.07) is 3.57. The lowest BCUT2D eigenvalue weighted by Crippen LogP contribution is -2.21. The maximum Gasteiger partial charge on any atom is 0.166 e. The van der Waals surface area contributed by atoms with Crippen LogP contribution in [0, 0.1) is 29.4 Å². The van der Waals surface area contributed by atoms with Gasteiger partial charge in [0.05, 0.1) is 0 Å². The third kappa shape index (κ3) is 8.87. The van der Waals surface area contributed by atoms with E-state index in [1.807, 2.05) is 0 Å². The molecule has 0 amide bonds. The Kier molecular flexibility index (Phi) is 12.6. The second-order valence-electron chi connectivity index (χ2n) is 11.3. The van der Waals surface area contributed by atoms with Crippen molar-refractivity contribution in [3.05, 3.63) is 53.1 Å². The van der Waals surface area contributed by atoms with Gasteiger partial charge < -0.3 is 0 Å². The van der Waals surface area contributed by atoms with E-state index >= 15 is 0 Å². The molecular weight excluding hydrogens is 434 g/mol. The van der Waals surface area contributed by atoms with Crippen LogP contribution in [0.15, 0.2) is 30.4 Å². The second-order valence-corrected chi connectivity index (χ2v) is 11.3. The SMILES string of the molecule is CCCCCCCCCCC1CCC(C2C=CC(c3ccc(CCCCC)c(F)c3F)=CC2)CC1. The number of allylic oxidation sites excluding steroid dienone is 4. The van der Waals surface area contributed by atoms with E-state index in [0.717, 1.165) is 43.1 Å². The third-order valence-electron chi connectivity index (χ3n) is 8.62. The zero-order valence-electron chi connectivity index (χ0n) is 22.6. The topological polar surface area (TPSA) is 0 Å². The molecule has 0 heterocycles. The minimum atomic E-state index is -0.671. The predicted octanol–water partition coefficient (Wildman–Crippen LogP) is 11.0. The van der Waals surface area contributed by atoms with Gasteiger partial charge in [0, 0.05) is 5.56 Å². The standard InChI is InChI=1S/C33H50F2/c1-3-5-7-8-9-10-11-13-14-26-16-18-27(19-17-26)28-20-22-29(23-21-28)31-25-24-30(15-12-6-4-2)32(34)33(31)35/h20,22-28H,3-19,21H2,1-2H3. The molecule has 2 aliphatic rings. The van der Waals surface area contributed by atoms with Crippen LogP contribution >= 0.6 is 0 Å². The summed E-state index contributed by atoms with van der Waals surface area (Å²) >= 11 is 0. The highest BCUT2D eigenvalue weighted by Crippen LogP contribution is 2.40. The molecular formula is C33H50F2. The van der Waals surface area contributed by atoms with Crippen molar-refractivity contribution in [1.82, 2.24) is 0 Å². The van der Waals surface area contributed by atoms with Gasteiger partial charge in [-0.25, -0.2) is 8.78 Å². The number of aryl methyl sites for hydroxylation is 1. The first-order valence-electron chi connectivity index (χ1n) is 15.0. The minimum Gasteiger partial charge on any atom is -0.203 e. The molecule has 0 radical (unpaired) electrons. The zero-order chi connectivity index (χ0) is 24.9. The molecule has 0 N–H and O–H groups in total. The average molecular weight is 485 g/mol. The van der Waals surface area contributed by atoms with Crippen LogP contribution < -0.4 is 0 Å². The van der Waals surface area contributed by atoms with E-state index in [2.05, 4.69) is 32.1 Å². The fourth-order valence-corrected chi connectivity index (χ4v) is 6.23. The third-order valence-corrected chi connectivity index (χ3v) is 8.62. The lowest BCUT2D eigenvalue weighted by Gasteiger charge is -2.33. The lowest BCUT2D eigenvalue weighted by molar-refractivity contribution is 0.218. The van der Waals surface area contributed by atoms with Crippen LogP contribution in [0.1, 0.15) is 134 Å². The van der Waals surface area contributed by atoms with Gasteiger partial charge in [0.2, 0.25) is 0 Å². The monoisotopic (exact) mass is 484 g/mol. The highest BCUT2D eigenvalue weighted by molar-refractivity contribution is 5.75. The summed E-state index contributed by atoms with van der Waals surface area (Å²) in [5.41, 5.74) is 1.79. The average Bonchev–Trinajstić information content (AvgIpc) is 2.89. The maximum absolute atomic E-state index is 14.8. The Balaban J connectivity index is 1.38. The smallest absolute Gasteiger partial charge is 0.166 e. The quantitative estimate of drug-likeness (QED) is 0.217. The van der Waals surface area contributed by atoms with E-state index in [-0.39, 0.29) is 0 Å². The Morgan fingerprint density at radius 2 is 1.40 bits per heavy atom. The number of rotatable bonds is 15. The van der Waals surface area contributed by atoms with Crippen molar-refractivity contribution in [2.45, 2.75) is 129 Å². The number of benzene rings is 1. The minimum absolute atomic E-state index is 0.422. The molecule has 0 spiro atoms. The molecule has 2 aliphatic carbocycles. The Morgan fingerprint density at radius 1 is 0.743 bits per heavy atom. The van der Waals surface area contributed by atoms with E-state index in [1.54, 1.807) is 12.1 Å². The first-order chi connectivity index (χ1) is 17.1. The fraction of sp³-hybridized carbons (Fsp3) is 0.697. The van der Waals surface area contributed by atoms with Crippen LogP contribution in [0.5, 0.6) is 0 Å². The van der Waals surface area contributed by atoms with Crippen LogP contribution in [-0.2, 0) is 6.42 Å². The molecule has 1 aromatic carbocycles. The summed E-state index contributed by atoms with van der Waals surface area (Å²) < 4.78 is 29.4. The van der Waals surface area contributed by atoms with Gasteiger partial charge in [-0.1, -0.05) is 128 Å². The van der Waals surface area contributed by atoms with Crippen LogP contribution in [0.25, 0.3) is 5.57 Å². The van der Waals surface area contributed by atoms with Crippen molar-refractivity contribution >= 4 is 5.57 Å². The molecule has 0 nitrogen and oxygen atoms in total. The van der Waals surface area contributed by atoms with E-state index in [0.29, 0.717) is 23.5 Å². The van der Waals surface area contributed by atoms with Gasteiger partial charge in [0.15, 0.2) is 11.6 Å². The molecule has 1 unspecified atom stereocenters. The number of hydrogen-bond donors (Lipinski definition) is 0. The molecule has 1 aromatic rings. The molecule has 1 saturated carbocycles. The van der Waals surface area contributed by atoms with Crippen LogP contribution in [0.3, 0.4) is 0 Å². The van der Waals surface area contributed by atoms with E-state index in [1.165, 1.54) is 83.5 Å². The van der Waals surface area contributed by atoms with E-state index in [9.17, 15) is 8.78 Å². The van der Waals surface area contributed by atoms with Crippen molar-refractivity contribution in [2.24, 2.45) is 17.8 Å². The van der Waals surface area contributed by atoms with Gasteiger partial charge in [-0.15, -0.1) is 0 Å². The van der Waals surface area contributed by atoms with Crippen LogP contribution in [-0.4, -0.2) is 0 Å².